The minimum atomic E-state index is -0.106. The molecule has 0 unspecified atom stereocenters. The van der Waals surface area contributed by atoms with Crippen molar-refractivity contribution in [3.05, 3.63) is 53.0 Å². The van der Waals surface area contributed by atoms with Gasteiger partial charge in [-0.25, -0.2) is 0 Å². The molecule has 0 bridgehead atoms. The lowest BCUT2D eigenvalue weighted by Crippen LogP contribution is -2.22. The fraction of sp³-hybridized carbons (Fsp3) is 0.278. The van der Waals surface area contributed by atoms with E-state index in [-0.39, 0.29) is 12.5 Å². The molecule has 0 aliphatic carbocycles. The van der Waals surface area contributed by atoms with Crippen molar-refractivity contribution in [3.8, 4) is 5.75 Å². The van der Waals surface area contributed by atoms with Gasteiger partial charge in [0.25, 0.3) is 0 Å². The summed E-state index contributed by atoms with van der Waals surface area (Å²) in [6.45, 7) is 5.02. The Bertz CT molecular complexity index is 642. The Morgan fingerprint density at radius 2 is 1.83 bits per heavy atom. The summed E-state index contributed by atoms with van der Waals surface area (Å²) in [6.07, 6.45) is 0. The minimum absolute atomic E-state index is 0.106. The maximum atomic E-state index is 12.0. The van der Waals surface area contributed by atoms with Gasteiger partial charge in [-0.15, -0.1) is 0 Å². The van der Waals surface area contributed by atoms with Gasteiger partial charge in [-0.3, -0.25) is 4.79 Å². The van der Waals surface area contributed by atoms with Crippen LogP contribution in [0.25, 0.3) is 0 Å². The number of anilines is 2. The van der Waals surface area contributed by atoms with Crippen LogP contribution in [0.4, 0.5) is 11.4 Å². The van der Waals surface area contributed by atoms with Crippen LogP contribution in [0.2, 0.25) is 0 Å². The Balaban J connectivity index is 1.89. The van der Waals surface area contributed by atoms with Crippen LogP contribution in [-0.2, 0) is 4.79 Å². The average Bonchev–Trinajstić information content (AvgIpc) is 2.54. The van der Waals surface area contributed by atoms with Crippen LogP contribution in [0, 0.1) is 5.92 Å². The second kappa shape index (κ2) is 8.58. The highest BCUT2D eigenvalue weighted by atomic mass is 79.9. The molecule has 2 aromatic rings. The highest BCUT2D eigenvalue weighted by molar-refractivity contribution is 9.10. The second-order valence-electron chi connectivity index (χ2n) is 5.61. The Morgan fingerprint density at radius 3 is 2.52 bits per heavy atom. The van der Waals surface area contributed by atoms with Crippen molar-refractivity contribution in [1.82, 2.24) is 0 Å². The molecular weight excluding hydrogens is 356 g/mol. The number of carbonyl (C=O) groups is 1. The third-order valence-electron chi connectivity index (χ3n) is 3.03. The van der Waals surface area contributed by atoms with Crippen LogP contribution >= 0.6 is 15.9 Å². The van der Waals surface area contributed by atoms with E-state index in [1.54, 1.807) is 0 Å². The van der Waals surface area contributed by atoms with E-state index in [4.69, 9.17) is 4.74 Å². The average molecular weight is 377 g/mol. The maximum Gasteiger partial charge on any atom is 0.243 e. The number of hydrogen-bond acceptors (Lipinski definition) is 3. The van der Waals surface area contributed by atoms with Gasteiger partial charge in [0.2, 0.25) is 5.91 Å². The summed E-state index contributed by atoms with van der Waals surface area (Å²) in [7, 11) is 0. The number of benzene rings is 2. The molecule has 0 aromatic heterocycles. The summed E-state index contributed by atoms with van der Waals surface area (Å²) in [5.74, 6) is 1.10. The fourth-order valence-electron chi connectivity index (χ4n) is 1.91. The number of carbonyl (C=O) groups excluding carboxylic acids is 1. The van der Waals surface area contributed by atoms with Gasteiger partial charge in [0.05, 0.1) is 18.8 Å². The molecule has 0 radical (unpaired) electrons. The van der Waals surface area contributed by atoms with Gasteiger partial charge < -0.3 is 15.4 Å². The molecule has 2 aromatic carbocycles. The van der Waals surface area contributed by atoms with Gasteiger partial charge in [0, 0.05) is 10.2 Å². The van der Waals surface area contributed by atoms with Crippen molar-refractivity contribution in [2.75, 3.05) is 23.8 Å². The monoisotopic (exact) mass is 376 g/mol. The van der Waals surface area contributed by atoms with Crippen LogP contribution in [-0.4, -0.2) is 19.1 Å². The maximum absolute atomic E-state index is 12.0. The van der Waals surface area contributed by atoms with Crippen molar-refractivity contribution in [2.45, 2.75) is 13.8 Å². The number of ether oxygens (including phenoxy) is 1. The second-order valence-corrected chi connectivity index (χ2v) is 6.53. The van der Waals surface area contributed by atoms with Gasteiger partial charge in [0.15, 0.2) is 0 Å². The van der Waals surface area contributed by atoms with Crippen LogP contribution in [0.3, 0.4) is 0 Å². The largest absolute Gasteiger partial charge is 0.491 e. The molecular formula is C18H21BrN2O2. The number of amides is 1. The lowest BCUT2D eigenvalue weighted by Gasteiger charge is -2.14. The zero-order chi connectivity index (χ0) is 16.7. The summed E-state index contributed by atoms with van der Waals surface area (Å²) < 4.78 is 6.74. The molecule has 0 heterocycles. The van der Waals surface area contributed by atoms with Crippen LogP contribution in [0.1, 0.15) is 13.8 Å². The van der Waals surface area contributed by atoms with Crippen LogP contribution in [0.15, 0.2) is 53.0 Å². The van der Waals surface area contributed by atoms with Gasteiger partial charge in [-0.2, -0.15) is 0 Å². The number of rotatable bonds is 7. The van der Waals surface area contributed by atoms with E-state index in [1.165, 1.54) is 0 Å². The third-order valence-corrected chi connectivity index (χ3v) is 3.56. The van der Waals surface area contributed by atoms with E-state index in [2.05, 4.69) is 40.4 Å². The molecule has 4 nitrogen and oxygen atoms in total. The molecule has 0 aliphatic heterocycles. The Labute approximate surface area is 145 Å². The number of para-hydroxylation sites is 2. The quantitative estimate of drug-likeness (QED) is 0.745. The molecule has 2 rings (SSSR count). The smallest absolute Gasteiger partial charge is 0.243 e. The summed E-state index contributed by atoms with van der Waals surface area (Å²) in [5, 5.41) is 5.97. The molecule has 1 amide bonds. The molecule has 2 N–H and O–H groups in total. The molecule has 0 spiro atoms. The summed E-state index contributed by atoms with van der Waals surface area (Å²) in [5.41, 5.74) is 1.59. The first-order chi connectivity index (χ1) is 11.0. The summed E-state index contributed by atoms with van der Waals surface area (Å²) in [6, 6.07) is 15.1. The number of nitrogens with one attached hydrogen (secondary N) is 2. The van der Waals surface area contributed by atoms with Crippen LogP contribution in [0.5, 0.6) is 5.75 Å². The highest BCUT2D eigenvalue weighted by Crippen LogP contribution is 2.24. The molecule has 0 fully saturated rings. The van der Waals surface area contributed by atoms with Crippen molar-refractivity contribution in [3.63, 3.8) is 0 Å². The van der Waals surface area contributed by atoms with E-state index in [1.807, 2.05) is 48.5 Å². The summed E-state index contributed by atoms with van der Waals surface area (Å²) in [4.78, 5) is 12.0. The molecule has 0 atom stereocenters. The van der Waals surface area contributed by atoms with Crippen molar-refractivity contribution in [1.29, 1.82) is 0 Å². The predicted molar refractivity (Wildman–Crippen MR) is 98.0 cm³/mol. The zero-order valence-corrected chi connectivity index (χ0v) is 14.9. The first kappa shape index (κ1) is 17.3. The Morgan fingerprint density at radius 1 is 1.13 bits per heavy atom. The standard InChI is InChI=1S/C18H21BrN2O2/c1-13(2)12-23-17-6-4-3-5-16(17)20-11-18(22)21-15-9-7-14(19)8-10-15/h3-10,13,20H,11-12H2,1-2H3,(H,21,22). The van der Waals surface area contributed by atoms with Gasteiger partial charge in [0.1, 0.15) is 5.75 Å². The van der Waals surface area contributed by atoms with E-state index in [9.17, 15) is 4.79 Å². The van der Waals surface area contributed by atoms with E-state index in [0.29, 0.717) is 12.5 Å². The first-order valence-corrected chi connectivity index (χ1v) is 8.35. The van der Waals surface area contributed by atoms with Gasteiger partial charge in [-0.1, -0.05) is 41.9 Å². The fourth-order valence-corrected chi connectivity index (χ4v) is 2.17. The molecule has 122 valence electrons. The third kappa shape index (κ3) is 5.94. The van der Waals surface area contributed by atoms with Crippen molar-refractivity contribution in [2.24, 2.45) is 5.92 Å². The van der Waals surface area contributed by atoms with Crippen LogP contribution < -0.4 is 15.4 Å². The van der Waals surface area contributed by atoms with E-state index < -0.39 is 0 Å². The zero-order valence-electron chi connectivity index (χ0n) is 13.3. The number of hydrogen-bond donors (Lipinski definition) is 2. The lowest BCUT2D eigenvalue weighted by molar-refractivity contribution is -0.114. The SMILES string of the molecule is CC(C)COc1ccccc1NCC(=O)Nc1ccc(Br)cc1. The minimum Gasteiger partial charge on any atom is -0.491 e. The molecule has 23 heavy (non-hydrogen) atoms. The van der Waals surface area contributed by atoms with Gasteiger partial charge >= 0.3 is 0 Å². The highest BCUT2D eigenvalue weighted by Gasteiger charge is 2.07. The summed E-state index contributed by atoms with van der Waals surface area (Å²) >= 11 is 3.37. The molecule has 0 saturated carbocycles. The normalized spacial score (nSPS) is 10.4. The first-order valence-electron chi connectivity index (χ1n) is 7.55. The molecule has 5 heteroatoms. The molecule has 0 saturated heterocycles. The van der Waals surface area contributed by atoms with E-state index in [0.717, 1.165) is 21.6 Å². The Kier molecular flexibility index (Phi) is 6.47. The van der Waals surface area contributed by atoms with Crippen molar-refractivity contribution >= 4 is 33.2 Å². The van der Waals surface area contributed by atoms with E-state index >= 15 is 0 Å². The molecule has 0 aliphatic rings. The topological polar surface area (TPSA) is 50.4 Å². The van der Waals surface area contributed by atoms with Crippen molar-refractivity contribution < 1.29 is 9.53 Å². The lowest BCUT2D eigenvalue weighted by atomic mass is 10.2. The van der Waals surface area contributed by atoms with Gasteiger partial charge in [-0.05, 0) is 42.3 Å². The number of halogens is 1. The Hall–Kier alpha value is -2.01. The predicted octanol–water partition coefficient (Wildman–Crippen LogP) is 4.53.